The van der Waals surface area contributed by atoms with Gasteiger partial charge in [0.25, 0.3) is 5.91 Å². The van der Waals surface area contributed by atoms with Crippen molar-refractivity contribution in [2.24, 2.45) is 5.92 Å². The predicted molar refractivity (Wildman–Crippen MR) is 101 cm³/mol. The van der Waals surface area contributed by atoms with Crippen LogP contribution < -0.4 is 0 Å². The molecule has 3 aliphatic heterocycles. The molecule has 3 heterocycles. The summed E-state index contributed by atoms with van der Waals surface area (Å²) >= 11 is 0. The van der Waals surface area contributed by atoms with Gasteiger partial charge in [0.15, 0.2) is 0 Å². The van der Waals surface area contributed by atoms with Crippen molar-refractivity contribution in [3.63, 3.8) is 0 Å². The van der Waals surface area contributed by atoms with E-state index in [0.29, 0.717) is 24.6 Å². The van der Waals surface area contributed by atoms with Crippen molar-refractivity contribution >= 4 is 5.91 Å². The zero-order valence-corrected chi connectivity index (χ0v) is 15.5. The summed E-state index contributed by atoms with van der Waals surface area (Å²) in [5.74, 6) is 0.230. The number of carbonyl (C=O) groups is 1. The molecule has 148 valence electrons. The maximum atomic E-state index is 12.9. The van der Waals surface area contributed by atoms with Crippen molar-refractivity contribution in [2.75, 3.05) is 19.6 Å². The molecule has 2 atom stereocenters. The second kappa shape index (κ2) is 7.59. The highest BCUT2D eigenvalue weighted by atomic mass is 19.4. The molecule has 2 bridgehead atoms. The van der Waals surface area contributed by atoms with Crippen molar-refractivity contribution in [1.82, 2.24) is 9.80 Å². The number of amides is 1. The van der Waals surface area contributed by atoms with Crippen molar-refractivity contribution < 1.29 is 18.0 Å². The normalized spacial score (nSPS) is 22.9. The highest BCUT2D eigenvalue weighted by molar-refractivity contribution is 5.94. The fraction of sp³-hybridized carbons (Fsp3) is 0.409. The molecule has 0 spiro atoms. The molecular weight excluding hydrogens is 365 g/mol. The van der Waals surface area contributed by atoms with Gasteiger partial charge in [0, 0.05) is 37.8 Å². The van der Waals surface area contributed by atoms with Crippen LogP contribution in [0.4, 0.5) is 13.2 Å². The van der Waals surface area contributed by atoms with Gasteiger partial charge in [-0.15, -0.1) is 0 Å². The minimum atomic E-state index is -4.39. The number of piperidine rings is 1. The Morgan fingerprint density at radius 2 is 1.64 bits per heavy atom. The highest BCUT2D eigenvalue weighted by Crippen LogP contribution is 2.31. The summed E-state index contributed by atoms with van der Waals surface area (Å²) in [4.78, 5) is 17.2. The second-order valence-corrected chi connectivity index (χ2v) is 7.80. The summed E-state index contributed by atoms with van der Waals surface area (Å²) < 4.78 is 38.3. The number of alkyl halides is 3. The molecular formula is C22H23F3N2O. The zero-order chi connectivity index (χ0) is 19.7. The number of fused-ring (bicyclic) bond motifs is 4. The van der Waals surface area contributed by atoms with Gasteiger partial charge in [-0.3, -0.25) is 9.69 Å². The summed E-state index contributed by atoms with van der Waals surface area (Å²) in [5.41, 5.74) is 0.855. The Hall–Kier alpha value is -2.34. The lowest BCUT2D eigenvalue weighted by Gasteiger charge is -2.36. The van der Waals surface area contributed by atoms with Gasteiger partial charge in [-0.25, -0.2) is 0 Å². The fourth-order valence-corrected chi connectivity index (χ4v) is 4.34. The number of benzene rings is 2. The van der Waals surface area contributed by atoms with Crippen LogP contribution in [0.25, 0.3) is 0 Å². The van der Waals surface area contributed by atoms with E-state index in [1.165, 1.54) is 17.7 Å². The molecule has 0 radical (unpaired) electrons. The van der Waals surface area contributed by atoms with Crippen LogP contribution in [0.1, 0.15) is 34.3 Å². The maximum Gasteiger partial charge on any atom is 0.416 e. The van der Waals surface area contributed by atoms with Gasteiger partial charge in [-0.05, 0) is 48.6 Å². The Labute approximate surface area is 162 Å². The van der Waals surface area contributed by atoms with Crippen LogP contribution >= 0.6 is 0 Å². The summed E-state index contributed by atoms with van der Waals surface area (Å²) in [7, 11) is 0. The first kappa shape index (κ1) is 19.0. The average molecular weight is 388 g/mol. The second-order valence-electron chi connectivity index (χ2n) is 7.80. The van der Waals surface area contributed by atoms with E-state index in [1.807, 2.05) is 23.1 Å². The molecule has 28 heavy (non-hydrogen) atoms. The van der Waals surface area contributed by atoms with E-state index >= 15 is 0 Å². The molecule has 2 aromatic carbocycles. The highest BCUT2D eigenvalue weighted by Gasteiger charge is 2.37. The van der Waals surface area contributed by atoms with Crippen molar-refractivity contribution in [1.29, 1.82) is 0 Å². The summed E-state index contributed by atoms with van der Waals surface area (Å²) in [6.45, 7) is 3.12. The summed E-state index contributed by atoms with van der Waals surface area (Å²) in [6.07, 6.45) is -2.25. The third-order valence-corrected chi connectivity index (χ3v) is 5.80. The molecule has 6 heteroatoms. The quantitative estimate of drug-likeness (QED) is 0.776. The molecule has 0 aromatic heterocycles. The average Bonchev–Trinajstić information content (AvgIpc) is 2.99. The van der Waals surface area contributed by atoms with E-state index in [0.717, 1.165) is 38.1 Å². The molecule has 0 N–H and O–H groups in total. The van der Waals surface area contributed by atoms with E-state index < -0.39 is 11.7 Å². The number of carbonyl (C=O) groups excluding carboxylic acids is 1. The minimum absolute atomic E-state index is 0.174. The van der Waals surface area contributed by atoms with Gasteiger partial charge >= 0.3 is 6.18 Å². The topological polar surface area (TPSA) is 23.6 Å². The zero-order valence-electron chi connectivity index (χ0n) is 15.5. The minimum Gasteiger partial charge on any atom is -0.337 e. The molecule has 3 saturated heterocycles. The molecule has 0 saturated carbocycles. The lowest BCUT2D eigenvalue weighted by molar-refractivity contribution is -0.137. The molecule has 3 fully saturated rings. The lowest BCUT2D eigenvalue weighted by atomic mass is 9.94. The van der Waals surface area contributed by atoms with Gasteiger partial charge in [0.1, 0.15) is 0 Å². The Morgan fingerprint density at radius 1 is 0.929 bits per heavy atom. The third-order valence-electron chi connectivity index (χ3n) is 5.80. The van der Waals surface area contributed by atoms with Crippen LogP contribution in [0.15, 0.2) is 54.6 Å². The number of halogens is 3. The smallest absolute Gasteiger partial charge is 0.337 e. The Bertz CT molecular complexity index is 820. The van der Waals surface area contributed by atoms with Gasteiger partial charge in [-0.1, -0.05) is 30.3 Å². The molecule has 1 amide bonds. The monoisotopic (exact) mass is 388 g/mol. The Kier molecular flexibility index (Phi) is 5.15. The van der Waals surface area contributed by atoms with Crippen molar-refractivity contribution in [2.45, 2.75) is 31.6 Å². The largest absolute Gasteiger partial charge is 0.416 e. The first-order valence-corrected chi connectivity index (χ1v) is 9.64. The lowest BCUT2D eigenvalue weighted by Crippen LogP contribution is -2.43. The van der Waals surface area contributed by atoms with Gasteiger partial charge in [0.2, 0.25) is 0 Å². The van der Waals surface area contributed by atoms with Crippen LogP contribution in [0.5, 0.6) is 0 Å². The molecule has 5 rings (SSSR count). The van der Waals surface area contributed by atoms with E-state index in [2.05, 4.69) is 17.0 Å². The number of hydrogen-bond donors (Lipinski definition) is 0. The Balaban J connectivity index is 1.47. The maximum absolute atomic E-state index is 12.9. The summed E-state index contributed by atoms with van der Waals surface area (Å²) in [5, 5.41) is 0. The van der Waals surface area contributed by atoms with Gasteiger partial charge in [-0.2, -0.15) is 13.2 Å². The molecule has 3 aliphatic rings. The van der Waals surface area contributed by atoms with E-state index in [9.17, 15) is 18.0 Å². The number of nitrogens with zero attached hydrogens (tertiary/aromatic N) is 2. The summed E-state index contributed by atoms with van der Waals surface area (Å²) in [6, 6.07) is 15.1. The molecule has 2 aromatic rings. The molecule has 0 aliphatic carbocycles. The van der Waals surface area contributed by atoms with Crippen molar-refractivity contribution in [3.8, 4) is 0 Å². The van der Waals surface area contributed by atoms with E-state index in [1.54, 1.807) is 0 Å². The predicted octanol–water partition coefficient (Wildman–Crippen LogP) is 4.44. The third kappa shape index (κ3) is 4.07. The van der Waals surface area contributed by atoms with Crippen LogP contribution in [-0.4, -0.2) is 41.4 Å². The van der Waals surface area contributed by atoms with Crippen LogP contribution in [0, 0.1) is 5.92 Å². The standard InChI is InChI=1S/C22H23F3N2O/c23-22(24,25)19-9-7-18(8-10-19)21(28)27-14-17-6-11-20(15-27)26(13-17)12-16-4-2-1-3-5-16/h1-5,7-10,17,20H,6,11-15H2/t17-,20-/m1/s1. The van der Waals surface area contributed by atoms with Crippen molar-refractivity contribution in [3.05, 3.63) is 71.3 Å². The van der Waals surface area contributed by atoms with Crippen LogP contribution in [-0.2, 0) is 12.7 Å². The van der Waals surface area contributed by atoms with E-state index in [4.69, 9.17) is 0 Å². The first-order chi connectivity index (χ1) is 13.4. The Morgan fingerprint density at radius 3 is 2.32 bits per heavy atom. The van der Waals surface area contributed by atoms with Gasteiger partial charge in [0.05, 0.1) is 5.56 Å². The van der Waals surface area contributed by atoms with E-state index in [-0.39, 0.29) is 11.9 Å². The number of hydrogen-bond acceptors (Lipinski definition) is 2. The first-order valence-electron chi connectivity index (χ1n) is 9.64. The fourth-order valence-electron chi connectivity index (χ4n) is 4.34. The SMILES string of the molecule is O=C(c1ccc(C(F)(F)F)cc1)N1C[C@@H]2CC[C@H](C1)N(Cc1ccccc1)C2. The van der Waals surface area contributed by atoms with Gasteiger partial charge < -0.3 is 4.90 Å². The van der Waals surface area contributed by atoms with Crippen LogP contribution in [0.2, 0.25) is 0 Å². The van der Waals surface area contributed by atoms with Crippen LogP contribution in [0.3, 0.4) is 0 Å². The molecule has 0 unspecified atom stereocenters. The number of rotatable bonds is 3. The molecule has 3 nitrogen and oxygen atoms in total.